The van der Waals surface area contributed by atoms with Crippen LogP contribution in [0, 0.1) is 12.8 Å². The number of rotatable bonds is 2. The Morgan fingerprint density at radius 2 is 2.00 bits per heavy atom. The van der Waals surface area contributed by atoms with Gasteiger partial charge < -0.3 is 14.5 Å². The summed E-state index contributed by atoms with van der Waals surface area (Å²) in [6, 6.07) is 4.11. The molecule has 0 radical (unpaired) electrons. The summed E-state index contributed by atoms with van der Waals surface area (Å²) in [5.74, 6) is 1.47. The van der Waals surface area contributed by atoms with Gasteiger partial charge in [-0.2, -0.15) is 0 Å². The number of amides is 1. The van der Waals surface area contributed by atoms with Crippen LogP contribution in [0.3, 0.4) is 0 Å². The number of pyridine rings is 1. The number of aromatic nitrogens is 1. The van der Waals surface area contributed by atoms with Crippen LogP contribution < -0.4 is 4.90 Å². The minimum Gasteiger partial charge on any atom is -0.444 e. The molecule has 0 spiro atoms. The van der Waals surface area contributed by atoms with Gasteiger partial charge in [-0.05, 0) is 64.2 Å². The maximum atomic E-state index is 12.6. The van der Waals surface area contributed by atoms with Crippen LogP contribution in [0.5, 0.6) is 0 Å². The van der Waals surface area contributed by atoms with E-state index in [2.05, 4.69) is 16.0 Å². The van der Waals surface area contributed by atoms with Crippen LogP contribution in [0.15, 0.2) is 12.1 Å². The van der Waals surface area contributed by atoms with E-state index >= 15 is 0 Å². The third kappa shape index (κ3) is 4.12. The van der Waals surface area contributed by atoms with Crippen LogP contribution in [-0.2, 0) is 4.74 Å². The molecule has 24 heavy (non-hydrogen) atoms. The smallest absolute Gasteiger partial charge is 0.410 e. The second kappa shape index (κ2) is 6.43. The van der Waals surface area contributed by atoms with Crippen LogP contribution in [0.2, 0.25) is 5.15 Å². The van der Waals surface area contributed by atoms with Crippen molar-refractivity contribution in [3.8, 4) is 0 Å². The molecule has 2 fully saturated rings. The number of hydrogen-bond acceptors (Lipinski definition) is 4. The minimum absolute atomic E-state index is 0.190. The highest BCUT2D eigenvalue weighted by Gasteiger charge is 2.42. The largest absolute Gasteiger partial charge is 0.444 e. The molecular weight excluding hydrogens is 326 g/mol. The van der Waals surface area contributed by atoms with Gasteiger partial charge in [-0.3, -0.25) is 0 Å². The lowest BCUT2D eigenvalue weighted by Crippen LogP contribution is -2.57. The lowest BCUT2D eigenvalue weighted by Gasteiger charge is -2.42. The molecule has 1 aliphatic heterocycles. The highest BCUT2D eigenvalue weighted by Crippen LogP contribution is 2.38. The summed E-state index contributed by atoms with van der Waals surface area (Å²) >= 11 is 6.11. The molecule has 2 aliphatic rings. The Kier molecular flexibility index (Phi) is 4.65. The molecular formula is C18H26ClN3O2. The molecule has 1 saturated carbocycles. The molecule has 3 rings (SSSR count). The third-order valence-electron chi connectivity index (χ3n) is 4.46. The summed E-state index contributed by atoms with van der Waals surface area (Å²) in [5.41, 5.74) is 0.635. The summed E-state index contributed by atoms with van der Waals surface area (Å²) in [7, 11) is 0. The van der Waals surface area contributed by atoms with Crippen LogP contribution in [0.25, 0.3) is 0 Å². The maximum Gasteiger partial charge on any atom is 0.410 e. The first-order chi connectivity index (χ1) is 11.2. The normalized spacial score (nSPS) is 21.8. The Bertz CT molecular complexity index is 605. The van der Waals surface area contributed by atoms with Gasteiger partial charge in [-0.25, -0.2) is 9.78 Å². The van der Waals surface area contributed by atoms with Crippen molar-refractivity contribution in [2.45, 2.75) is 52.2 Å². The SMILES string of the molecule is Cc1cc(Cl)nc(N2CCN(C(=O)OC(C)(C)C)[C@@H](C3CC3)C2)c1. The molecule has 1 amide bonds. The molecule has 1 aromatic heterocycles. The Morgan fingerprint density at radius 3 is 2.58 bits per heavy atom. The Hall–Kier alpha value is -1.49. The molecule has 0 bridgehead atoms. The molecule has 6 heteroatoms. The number of piperazine rings is 1. The summed E-state index contributed by atoms with van der Waals surface area (Å²) in [6.45, 7) is 9.94. The summed E-state index contributed by atoms with van der Waals surface area (Å²) < 4.78 is 5.60. The van der Waals surface area contributed by atoms with E-state index in [0.717, 1.165) is 24.5 Å². The lowest BCUT2D eigenvalue weighted by molar-refractivity contribution is 0.0116. The second-order valence-electron chi connectivity index (χ2n) is 7.85. The van der Waals surface area contributed by atoms with Crippen molar-refractivity contribution in [3.05, 3.63) is 22.8 Å². The second-order valence-corrected chi connectivity index (χ2v) is 8.24. The molecule has 1 aromatic rings. The Balaban J connectivity index is 1.75. The predicted molar refractivity (Wildman–Crippen MR) is 95.6 cm³/mol. The van der Waals surface area contributed by atoms with Crippen LogP contribution in [0.4, 0.5) is 10.6 Å². The van der Waals surface area contributed by atoms with Crippen molar-refractivity contribution in [2.24, 2.45) is 5.92 Å². The van der Waals surface area contributed by atoms with E-state index in [1.54, 1.807) is 0 Å². The van der Waals surface area contributed by atoms with Crippen molar-refractivity contribution in [2.75, 3.05) is 24.5 Å². The van der Waals surface area contributed by atoms with Gasteiger partial charge in [0.05, 0.1) is 6.04 Å². The molecule has 1 atom stereocenters. The number of nitrogens with zero attached hydrogens (tertiary/aromatic N) is 3. The molecule has 0 N–H and O–H groups in total. The van der Waals surface area contributed by atoms with E-state index in [4.69, 9.17) is 16.3 Å². The van der Waals surface area contributed by atoms with E-state index in [1.807, 2.05) is 38.7 Å². The van der Waals surface area contributed by atoms with Gasteiger partial charge in [-0.1, -0.05) is 11.6 Å². The summed E-state index contributed by atoms with van der Waals surface area (Å²) in [5, 5.41) is 0.516. The number of carbonyl (C=O) groups excluding carboxylic acids is 1. The van der Waals surface area contributed by atoms with Gasteiger partial charge >= 0.3 is 6.09 Å². The highest BCUT2D eigenvalue weighted by atomic mass is 35.5. The van der Waals surface area contributed by atoms with Crippen LogP contribution in [0.1, 0.15) is 39.2 Å². The third-order valence-corrected chi connectivity index (χ3v) is 4.66. The summed E-state index contributed by atoms with van der Waals surface area (Å²) in [6.07, 6.45) is 2.16. The van der Waals surface area contributed by atoms with Crippen molar-refractivity contribution < 1.29 is 9.53 Å². The fourth-order valence-corrected chi connectivity index (χ4v) is 3.48. The lowest BCUT2D eigenvalue weighted by atomic mass is 10.1. The molecule has 2 heterocycles. The van der Waals surface area contributed by atoms with Crippen LogP contribution in [-0.4, -0.2) is 47.3 Å². The number of hydrogen-bond donors (Lipinski definition) is 0. The fourth-order valence-electron chi connectivity index (χ4n) is 3.22. The zero-order chi connectivity index (χ0) is 17.5. The van der Waals surface area contributed by atoms with E-state index < -0.39 is 5.60 Å². The van der Waals surface area contributed by atoms with E-state index in [-0.39, 0.29) is 12.1 Å². The van der Waals surface area contributed by atoms with Gasteiger partial charge in [0, 0.05) is 19.6 Å². The van der Waals surface area contributed by atoms with Gasteiger partial charge in [0.2, 0.25) is 0 Å². The maximum absolute atomic E-state index is 12.6. The molecule has 1 saturated heterocycles. The topological polar surface area (TPSA) is 45.7 Å². The van der Waals surface area contributed by atoms with Gasteiger partial charge in [-0.15, -0.1) is 0 Å². The molecule has 0 aromatic carbocycles. The number of carbonyl (C=O) groups is 1. The number of aryl methyl sites for hydroxylation is 1. The first-order valence-corrected chi connectivity index (χ1v) is 8.99. The average Bonchev–Trinajstić information content (AvgIpc) is 3.28. The average molecular weight is 352 g/mol. The first kappa shape index (κ1) is 17.3. The molecule has 1 aliphatic carbocycles. The number of ether oxygens (including phenoxy) is 1. The van der Waals surface area contributed by atoms with Crippen molar-refractivity contribution in [3.63, 3.8) is 0 Å². The Morgan fingerprint density at radius 1 is 1.29 bits per heavy atom. The molecule has 132 valence electrons. The number of halogens is 1. The summed E-state index contributed by atoms with van der Waals surface area (Å²) in [4.78, 5) is 21.2. The fraction of sp³-hybridized carbons (Fsp3) is 0.667. The standard InChI is InChI=1S/C18H26ClN3O2/c1-12-9-15(19)20-16(10-12)21-7-8-22(14(11-21)13-5-6-13)17(23)24-18(2,3)4/h9-10,13-14H,5-8,11H2,1-4H3/t14-/m1/s1. The predicted octanol–water partition coefficient (Wildman–Crippen LogP) is 3.88. The number of anilines is 1. The Labute approximate surface area is 148 Å². The van der Waals surface area contributed by atoms with E-state index in [9.17, 15) is 4.79 Å². The van der Waals surface area contributed by atoms with Crippen molar-refractivity contribution in [1.29, 1.82) is 0 Å². The zero-order valence-electron chi connectivity index (χ0n) is 14.9. The highest BCUT2D eigenvalue weighted by molar-refractivity contribution is 6.29. The van der Waals surface area contributed by atoms with Gasteiger partial charge in [0.15, 0.2) is 0 Å². The quantitative estimate of drug-likeness (QED) is 0.758. The minimum atomic E-state index is -0.464. The van der Waals surface area contributed by atoms with Crippen LogP contribution >= 0.6 is 11.6 Å². The van der Waals surface area contributed by atoms with E-state index in [0.29, 0.717) is 17.6 Å². The van der Waals surface area contributed by atoms with Crippen molar-refractivity contribution >= 4 is 23.5 Å². The van der Waals surface area contributed by atoms with Gasteiger partial charge in [0.25, 0.3) is 0 Å². The molecule has 0 unspecified atom stereocenters. The monoisotopic (exact) mass is 351 g/mol. The zero-order valence-corrected chi connectivity index (χ0v) is 15.6. The molecule has 5 nitrogen and oxygen atoms in total. The van der Waals surface area contributed by atoms with E-state index in [1.165, 1.54) is 12.8 Å². The van der Waals surface area contributed by atoms with Gasteiger partial charge in [0.1, 0.15) is 16.6 Å². The van der Waals surface area contributed by atoms with Crippen molar-refractivity contribution in [1.82, 2.24) is 9.88 Å². The first-order valence-electron chi connectivity index (χ1n) is 8.62.